The lowest BCUT2D eigenvalue weighted by molar-refractivity contribution is -0.167. The SMILES string of the molecule is C[C@H]1[C@H](/C=C/c2ccc(-c3cccc(F)c3)cn2)[C@@H]2[C@@H](C)OC(=O)C2(C(=O)O)C[C@@H]1C. The fourth-order valence-corrected chi connectivity index (χ4v) is 5.31. The summed E-state index contributed by atoms with van der Waals surface area (Å²) in [6, 6.07) is 10.1. The Labute approximate surface area is 181 Å². The summed E-state index contributed by atoms with van der Waals surface area (Å²) in [6.45, 7) is 5.87. The predicted molar refractivity (Wildman–Crippen MR) is 114 cm³/mol. The van der Waals surface area contributed by atoms with Gasteiger partial charge >= 0.3 is 11.9 Å². The summed E-state index contributed by atoms with van der Waals surface area (Å²) in [5.74, 6) is -2.32. The monoisotopic (exact) mass is 423 g/mol. The molecule has 1 N–H and O–H groups in total. The third kappa shape index (κ3) is 3.54. The van der Waals surface area contributed by atoms with Gasteiger partial charge in [0.1, 0.15) is 11.9 Å². The topological polar surface area (TPSA) is 76.5 Å². The zero-order valence-corrected chi connectivity index (χ0v) is 17.8. The van der Waals surface area contributed by atoms with Crippen LogP contribution in [0.4, 0.5) is 4.39 Å². The second-order valence-corrected chi connectivity index (χ2v) is 8.87. The number of benzene rings is 1. The van der Waals surface area contributed by atoms with Crippen molar-refractivity contribution in [3.05, 3.63) is 60.2 Å². The maximum Gasteiger partial charge on any atom is 0.324 e. The van der Waals surface area contributed by atoms with E-state index in [1.807, 2.05) is 37.3 Å². The number of carboxylic acid groups (broad SMARTS) is 1. The van der Waals surface area contributed by atoms with Crippen molar-refractivity contribution in [1.82, 2.24) is 4.98 Å². The highest BCUT2D eigenvalue weighted by molar-refractivity contribution is 6.01. The van der Waals surface area contributed by atoms with Crippen LogP contribution in [0.15, 0.2) is 48.7 Å². The number of carbonyl (C=O) groups is 2. The van der Waals surface area contributed by atoms with Gasteiger partial charge in [0.05, 0.1) is 5.69 Å². The van der Waals surface area contributed by atoms with E-state index in [4.69, 9.17) is 4.74 Å². The van der Waals surface area contributed by atoms with Gasteiger partial charge in [-0.25, -0.2) is 4.39 Å². The Kier molecular flexibility index (Phi) is 5.42. The lowest BCUT2D eigenvalue weighted by atomic mass is 9.55. The summed E-state index contributed by atoms with van der Waals surface area (Å²) in [4.78, 5) is 29.3. The van der Waals surface area contributed by atoms with Crippen LogP contribution in [0.1, 0.15) is 32.9 Å². The molecule has 0 amide bonds. The second kappa shape index (κ2) is 7.91. The number of halogens is 1. The van der Waals surface area contributed by atoms with E-state index in [2.05, 4.69) is 11.9 Å². The molecule has 162 valence electrons. The maximum absolute atomic E-state index is 13.5. The minimum Gasteiger partial charge on any atom is -0.480 e. The van der Waals surface area contributed by atoms with Crippen LogP contribution >= 0.6 is 0 Å². The highest BCUT2D eigenvalue weighted by atomic mass is 19.1. The molecule has 2 aliphatic rings. The molecule has 6 heteroatoms. The highest BCUT2D eigenvalue weighted by Gasteiger charge is 2.66. The molecule has 1 saturated carbocycles. The standard InChI is InChI=1S/C25H26FNO4/c1-14-12-25(23(28)29)22(16(3)31-24(25)30)21(15(14)2)10-9-20-8-7-18(13-27-20)17-5-4-6-19(26)11-17/h4-11,13-16,21-22H,12H2,1-3H3,(H,28,29)/b10-9+/t14-,15+,16+,21-,22-,25?/m0/s1. The molecular weight excluding hydrogens is 397 g/mol. The fourth-order valence-electron chi connectivity index (χ4n) is 5.31. The second-order valence-electron chi connectivity index (χ2n) is 8.87. The fraction of sp³-hybridized carbons (Fsp3) is 0.400. The highest BCUT2D eigenvalue weighted by Crippen LogP contribution is 2.56. The third-order valence-electron chi connectivity index (χ3n) is 7.11. The molecule has 0 spiro atoms. The van der Waals surface area contributed by atoms with Gasteiger partial charge in [0.2, 0.25) is 0 Å². The Balaban J connectivity index is 1.62. The van der Waals surface area contributed by atoms with Crippen molar-refractivity contribution in [1.29, 1.82) is 0 Å². The normalized spacial score (nSPS) is 32.6. The van der Waals surface area contributed by atoms with Crippen LogP contribution in [0.3, 0.4) is 0 Å². The number of hydrogen-bond donors (Lipinski definition) is 1. The van der Waals surface area contributed by atoms with Gasteiger partial charge in [-0.3, -0.25) is 14.6 Å². The molecule has 4 rings (SSSR count). The van der Waals surface area contributed by atoms with Crippen LogP contribution < -0.4 is 0 Å². The van der Waals surface area contributed by atoms with Crippen molar-refractivity contribution in [2.24, 2.45) is 29.1 Å². The number of nitrogens with zero attached hydrogens (tertiary/aromatic N) is 1. The van der Waals surface area contributed by atoms with Crippen molar-refractivity contribution in [3.63, 3.8) is 0 Å². The van der Waals surface area contributed by atoms with E-state index < -0.39 is 29.4 Å². The average molecular weight is 423 g/mol. The van der Waals surface area contributed by atoms with Crippen LogP contribution in [0.5, 0.6) is 0 Å². The van der Waals surface area contributed by atoms with E-state index in [1.54, 1.807) is 19.2 Å². The number of hydrogen-bond acceptors (Lipinski definition) is 4. The van der Waals surface area contributed by atoms with Gasteiger partial charge < -0.3 is 9.84 Å². The number of pyridine rings is 1. The number of esters is 1. The van der Waals surface area contributed by atoms with E-state index in [1.165, 1.54) is 12.1 Å². The molecule has 1 aliphatic heterocycles. The van der Waals surface area contributed by atoms with Crippen LogP contribution in [-0.2, 0) is 14.3 Å². The van der Waals surface area contributed by atoms with E-state index in [0.29, 0.717) is 12.1 Å². The van der Waals surface area contributed by atoms with E-state index in [0.717, 1.165) is 11.1 Å². The first kappa shape index (κ1) is 21.2. The smallest absolute Gasteiger partial charge is 0.324 e. The van der Waals surface area contributed by atoms with Crippen LogP contribution in [-0.4, -0.2) is 28.1 Å². The van der Waals surface area contributed by atoms with Crippen molar-refractivity contribution in [2.75, 3.05) is 0 Å². The Morgan fingerprint density at radius 1 is 1.23 bits per heavy atom. The van der Waals surface area contributed by atoms with Crippen LogP contribution in [0.25, 0.3) is 17.2 Å². The minimum absolute atomic E-state index is 0.0585. The molecule has 2 aromatic rings. The number of aliphatic carboxylic acids is 1. The zero-order valence-electron chi connectivity index (χ0n) is 17.8. The molecule has 1 unspecified atom stereocenters. The van der Waals surface area contributed by atoms with Gasteiger partial charge in [-0.1, -0.05) is 38.1 Å². The molecule has 2 heterocycles. The Morgan fingerprint density at radius 3 is 2.65 bits per heavy atom. The number of rotatable bonds is 4. The number of carboxylic acids is 1. The largest absolute Gasteiger partial charge is 0.480 e. The molecule has 6 atom stereocenters. The van der Waals surface area contributed by atoms with Gasteiger partial charge in [0, 0.05) is 17.7 Å². The summed E-state index contributed by atoms with van der Waals surface area (Å²) >= 11 is 0. The average Bonchev–Trinajstić information content (AvgIpc) is 2.99. The van der Waals surface area contributed by atoms with Crippen LogP contribution in [0, 0.1) is 34.9 Å². The Hall–Kier alpha value is -3.02. The summed E-state index contributed by atoms with van der Waals surface area (Å²) < 4.78 is 18.9. The van der Waals surface area contributed by atoms with Gasteiger partial charge in [-0.05, 0) is 60.9 Å². The molecule has 2 fully saturated rings. The number of ether oxygens (including phenoxy) is 1. The molecular formula is C25H26FNO4. The first-order chi connectivity index (χ1) is 14.7. The lowest BCUT2D eigenvalue weighted by Crippen LogP contribution is -2.52. The maximum atomic E-state index is 13.5. The number of aromatic nitrogens is 1. The number of allylic oxidation sites excluding steroid dienone is 1. The molecule has 1 aromatic heterocycles. The number of carbonyl (C=O) groups excluding carboxylic acids is 1. The van der Waals surface area contributed by atoms with Crippen molar-refractivity contribution in [2.45, 2.75) is 33.3 Å². The molecule has 1 aromatic carbocycles. The zero-order chi connectivity index (χ0) is 22.3. The Morgan fingerprint density at radius 2 is 2.00 bits per heavy atom. The molecule has 31 heavy (non-hydrogen) atoms. The van der Waals surface area contributed by atoms with Crippen LogP contribution in [0.2, 0.25) is 0 Å². The molecule has 5 nitrogen and oxygen atoms in total. The molecule has 1 aliphatic carbocycles. The summed E-state index contributed by atoms with van der Waals surface area (Å²) in [5.41, 5.74) is 0.781. The van der Waals surface area contributed by atoms with Gasteiger partial charge in [-0.15, -0.1) is 0 Å². The van der Waals surface area contributed by atoms with Gasteiger partial charge in [0.15, 0.2) is 5.41 Å². The van der Waals surface area contributed by atoms with Gasteiger partial charge in [-0.2, -0.15) is 0 Å². The number of cyclic esters (lactones) is 1. The van der Waals surface area contributed by atoms with E-state index in [9.17, 15) is 19.1 Å². The number of fused-ring (bicyclic) bond motifs is 1. The lowest BCUT2D eigenvalue weighted by Gasteiger charge is -2.45. The van der Waals surface area contributed by atoms with Gasteiger partial charge in [0.25, 0.3) is 0 Å². The quantitative estimate of drug-likeness (QED) is 0.563. The summed E-state index contributed by atoms with van der Waals surface area (Å²) in [7, 11) is 0. The molecule has 0 bridgehead atoms. The minimum atomic E-state index is -1.49. The van der Waals surface area contributed by atoms with Crippen molar-refractivity contribution >= 4 is 18.0 Å². The predicted octanol–water partition coefficient (Wildman–Crippen LogP) is 4.83. The summed E-state index contributed by atoms with van der Waals surface area (Å²) in [5, 5.41) is 9.99. The third-order valence-corrected chi connectivity index (χ3v) is 7.11. The molecule has 0 radical (unpaired) electrons. The van der Waals surface area contributed by atoms with Crippen molar-refractivity contribution in [3.8, 4) is 11.1 Å². The van der Waals surface area contributed by atoms with E-state index >= 15 is 0 Å². The Bertz CT molecular complexity index is 1030. The molecule has 1 saturated heterocycles. The first-order valence-corrected chi connectivity index (χ1v) is 10.6. The van der Waals surface area contributed by atoms with Crippen molar-refractivity contribution < 1.29 is 23.8 Å². The van der Waals surface area contributed by atoms with E-state index in [-0.39, 0.29) is 23.6 Å². The first-order valence-electron chi connectivity index (χ1n) is 10.6. The summed E-state index contributed by atoms with van der Waals surface area (Å²) in [6.07, 6.45) is 5.37.